The molecule has 0 aliphatic carbocycles. The molecular weight excluding hydrogens is 279 g/mol. The fourth-order valence-corrected chi connectivity index (χ4v) is 1.57. The second-order valence-electron chi connectivity index (χ2n) is 3.47. The number of rotatable bonds is 4. The van der Waals surface area contributed by atoms with Crippen LogP contribution in [0.25, 0.3) is 0 Å². The Morgan fingerprint density at radius 2 is 1.89 bits per heavy atom. The van der Waals surface area contributed by atoms with Crippen LogP contribution in [0.15, 0.2) is 18.2 Å². The minimum atomic E-state index is -4.77. The number of carbonyl (C=O) groups excluding carboxylic acids is 1. The topological polar surface area (TPSA) is 17.1 Å². The highest BCUT2D eigenvalue weighted by Crippen LogP contribution is 2.34. The maximum Gasteiger partial charge on any atom is 0.417 e. The van der Waals surface area contributed by atoms with Crippen LogP contribution in [0.4, 0.5) is 22.0 Å². The van der Waals surface area contributed by atoms with Crippen LogP contribution in [-0.2, 0) is 6.18 Å². The second kappa shape index (κ2) is 5.65. The summed E-state index contributed by atoms with van der Waals surface area (Å²) in [5, 5.41) is 0. The molecule has 0 bridgehead atoms. The molecule has 0 saturated heterocycles. The van der Waals surface area contributed by atoms with Crippen LogP contribution < -0.4 is 0 Å². The van der Waals surface area contributed by atoms with Crippen molar-refractivity contribution in [3.8, 4) is 0 Å². The Morgan fingerprint density at radius 3 is 2.33 bits per heavy atom. The number of halogens is 6. The van der Waals surface area contributed by atoms with Gasteiger partial charge in [-0.3, -0.25) is 4.79 Å². The van der Waals surface area contributed by atoms with Crippen molar-refractivity contribution < 1.29 is 26.7 Å². The minimum absolute atomic E-state index is 0.172. The molecule has 1 rings (SSSR count). The number of carbonyl (C=O) groups is 1. The predicted molar refractivity (Wildman–Crippen MR) is 56.1 cm³/mol. The normalized spacial score (nSPS) is 11.9. The SMILES string of the molecule is O=C(CCCl)c1cc(C(F)F)ccc1C(F)(F)F. The second-order valence-corrected chi connectivity index (χ2v) is 3.84. The molecule has 0 fully saturated rings. The molecule has 0 atom stereocenters. The van der Waals surface area contributed by atoms with Gasteiger partial charge in [-0.15, -0.1) is 11.6 Å². The van der Waals surface area contributed by atoms with E-state index in [1.807, 2.05) is 0 Å². The van der Waals surface area contributed by atoms with Gasteiger partial charge in [0.1, 0.15) is 0 Å². The van der Waals surface area contributed by atoms with Gasteiger partial charge in [-0.1, -0.05) is 6.07 Å². The number of ketones is 1. The summed E-state index contributed by atoms with van der Waals surface area (Å²) in [6, 6.07) is 1.72. The molecule has 0 aromatic heterocycles. The molecule has 0 aliphatic rings. The molecule has 0 aliphatic heterocycles. The lowest BCUT2D eigenvalue weighted by Crippen LogP contribution is -2.14. The molecular formula is C11H8ClF5O. The molecule has 0 spiro atoms. The lowest BCUT2D eigenvalue weighted by Gasteiger charge is -2.13. The Balaban J connectivity index is 3.31. The highest BCUT2D eigenvalue weighted by molar-refractivity contribution is 6.19. The van der Waals surface area contributed by atoms with Crippen LogP contribution in [-0.4, -0.2) is 11.7 Å². The summed E-state index contributed by atoms with van der Waals surface area (Å²) in [6.45, 7) is 0. The van der Waals surface area contributed by atoms with Gasteiger partial charge >= 0.3 is 6.18 Å². The van der Waals surface area contributed by atoms with E-state index in [1.54, 1.807) is 0 Å². The molecule has 7 heteroatoms. The van der Waals surface area contributed by atoms with Crippen molar-refractivity contribution in [2.45, 2.75) is 19.0 Å². The molecule has 18 heavy (non-hydrogen) atoms. The summed E-state index contributed by atoms with van der Waals surface area (Å²) in [6.07, 6.45) is -8.04. The van der Waals surface area contributed by atoms with Gasteiger partial charge in [0.25, 0.3) is 6.43 Å². The number of alkyl halides is 6. The van der Waals surface area contributed by atoms with Crippen molar-refractivity contribution in [1.29, 1.82) is 0 Å². The quantitative estimate of drug-likeness (QED) is 0.454. The highest BCUT2D eigenvalue weighted by Gasteiger charge is 2.35. The first kappa shape index (κ1) is 14.9. The molecule has 0 N–H and O–H groups in total. The van der Waals surface area contributed by atoms with Crippen LogP contribution in [0, 0.1) is 0 Å². The van der Waals surface area contributed by atoms with Gasteiger partial charge in [-0.05, 0) is 12.1 Å². The molecule has 0 saturated carbocycles. The standard InChI is InChI=1S/C11H8ClF5O/c12-4-3-9(18)7-5-6(10(13)14)1-2-8(7)11(15,16)17/h1-2,5,10H,3-4H2. The lowest BCUT2D eigenvalue weighted by atomic mass is 9.99. The van der Waals surface area contributed by atoms with Crippen molar-refractivity contribution in [1.82, 2.24) is 0 Å². The summed E-state index contributed by atoms with van der Waals surface area (Å²) in [4.78, 5) is 11.5. The summed E-state index contributed by atoms with van der Waals surface area (Å²) in [5.41, 5.74) is -2.61. The Labute approximate surface area is 105 Å². The third-order valence-corrected chi connectivity index (χ3v) is 2.41. The molecule has 0 heterocycles. The molecule has 0 amide bonds. The maximum atomic E-state index is 12.6. The van der Waals surface area contributed by atoms with Gasteiger partial charge in [-0.2, -0.15) is 13.2 Å². The van der Waals surface area contributed by atoms with Crippen molar-refractivity contribution >= 4 is 17.4 Å². The van der Waals surface area contributed by atoms with Gasteiger partial charge in [0.05, 0.1) is 5.56 Å². The molecule has 100 valence electrons. The number of benzene rings is 1. The summed E-state index contributed by atoms with van der Waals surface area (Å²) >= 11 is 5.26. The minimum Gasteiger partial charge on any atom is -0.294 e. The molecule has 1 aromatic rings. The van der Waals surface area contributed by atoms with Crippen molar-refractivity contribution in [3.63, 3.8) is 0 Å². The number of hydrogen-bond donors (Lipinski definition) is 0. The number of hydrogen-bond acceptors (Lipinski definition) is 1. The monoisotopic (exact) mass is 286 g/mol. The average molecular weight is 287 g/mol. The third kappa shape index (κ3) is 3.41. The first-order valence-corrected chi connectivity index (χ1v) is 5.39. The van der Waals surface area contributed by atoms with E-state index in [2.05, 4.69) is 0 Å². The van der Waals surface area contributed by atoms with E-state index in [0.717, 1.165) is 0 Å². The summed E-state index contributed by atoms with van der Waals surface area (Å²) < 4.78 is 62.6. The van der Waals surface area contributed by atoms with Gasteiger partial charge in [0.2, 0.25) is 0 Å². The van der Waals surface area contributed by atoms with Crippen LogP contribution in [0.5, 0.6) is 0 Å². The van der Waals surface area contributed by atoms with Crippen LogP contribution >= 0.6 is 11.6 Å². The first-order chi connectivity index (χ1) is 8.27. The third-order valence-electron chi connectivity index (χ3n) is 2.22. The highest BCUT2D eigenvalue weighted by atomic mass is 35.5. The Kier molecular flexibility index (Phi) is 4.67. The number of Topliss-reactive ketones (excluding diaryl/α,β-unsaturated/α-hetero) is 1. The Hall–Kier alpha value is -1.17. The molecule has 1 nitrogen and oxygen atoms in total. The maximum absolute atomic E-state index is 12.6. The van der Waals surface area contributed by atoms with E-state index in [-0.39, 0.29) is 12.3 Å². The smallest absolute Gasteiger partial charge is 0.294 e. The van der Waals surface area contributed by atoms with Gasteiger partial charge in [0.15, 0.2) is 5.78 Å². The van der Waals surface area contributed by atoms with Crippen molar-refractivity contribution in [3.05, 3.63) is 34.9 Å². The van der Waals surface area contributed by atoms with Crippen LogP contribution in [0.1, 0.15) is 34.3 Å². The van der Waals surface area contributed by atoms with E-state index in [0.29, 0.717) is 18.2 Å². The van der Waals surface area contributed by atoms with E-state index < -0.39 is 35.1 Å². The zero-order chi connectivity index (χ0) is 13.9. The summed E-state index contributed by atoms with van der Waals surface area (Å²) in [5.74, 6) is -1.07. The molecule has 0 unspecified atom stereocenters. The lowest BCUT2D eigenvalue weighted by molar-refractivity contribution is -0.137. The van der Waals surface area contributed by atoms with E-state index in [9.17, 15) is 26.7 Å². The average Bonchev–Trinajstić information content (AvgIpc) is 2.27. The summed E-state index contributed by atoms with van der Waals surface area (Å²) in [7, 11) is 0. The van der Waals surface area contributed by atoms with E-state index >= 15 is 0 Å². The van der Waals surface area contributed by atoms with E-state index in [1.165, 1.54) is 0 Å². The van der Waals surface area contributed by atoms with Gasteiger partial charge < -0.3 is 0 Å². The van der Waals surface area contributed by atoms with Crippen LogP contribution in [0.3, 0.4) is 0 Å². The van der Waals surface area contributed by atoms with Crippen molar-refractivity contribution in [2.75, 3.05) is 5.88 Å². The Bertz CT molecular complexity index is 442. The zero-order valence-electron chi connectivity index (χ0n) is 8.90. The van der Waals surface area contributed by atoms with Crippen LogP contribution in [0.2, 0.25) is 0 Å². The molecule has 0 radical (unpaired) electrons. The van der Waals surface area contributed by atoms with Gasteiger partial charge in [-0.25, -0.2) is 8.78 Å². The fourth-order valence-electron chi connectivity index (χ4n) is 1.40. The Morgan fingerprint density at radius 1 is 1.28 bits per heavy atom. The van der Waals surface area contributed by atoms with E-state index in [4.69, 9.17) is 11.6 Å². The zero-order valence-corrected chi connectivity index (χ0v) is 9.66. The predicted octanol–water partition coefficient (Wildman–Crippen LogP) is 4.45. The first-order valence-electron chi connectivity index (χ1n) is 4.86. The van der Waals surface area contributed by atoms with Crippen molar-refractivity contribution in [2.24, 2.45) is 0 Å². The van der Waals surface area contributed by atoms with Gasteiger partial charge in [0, 0.05) is 23.4 Å². The fraction of sp³-hybridized carbons (Fsp3) is 0.364. The largest absolute Gasteiger partial charge is 0.417 e. The molecule has 1 aromatic carbocycles.